The number of benzene rings is 1. The summed E-state index contributed by atoms with van der Waals surface area (Å²) in [5, 5.41) is 3.67. The minimum absolute atomic E-state index is 0.278. The zero-order valence-corrected chi connectivity index (χ0v) is 14.2. The average Bonchev–Trinajstić information content (AvgIpc) is 2.96. The van der Waals surface area contributed by atoms with E-state index in [2.05, 4.69) is 56.4 Å². The summed E-state index contributed by atoms with van der Waals surface area (Å²) in [4.78, 5) is 2.84. The van der Waals surface area contributed by atoms with Crippen molar-refractivity contribution in [3.05, 3.63) is 51.2 Å². The van der Waals surface area contributed by atoms with Crippen LogP contribution < -0.4 is 10.1 Å². The Bertz CT molecular complexity index is 576. The summed E-state index contributed by atoms with van der Waals surface area (Å²) >= 11 is 1.91. The molecule has 3 heteroatoms. The molecule has 2 aromatic rings. The van der Waals surface area contributed by atoms with Gasteiger partial charge in [-0.3, -0.25) is 0 Å². The van der Waals surface area contributed by atoms with Gasteiger partial charge < -0.3 is 10.1 Å². The second kappa shape index (κ2) is 7.62. The highest BCUT2D eigenvalue weighted by atomic mass is 32.1. The topological polar surface area (TPSA) is 21.3 Å². The average molecular weight is 303 g/mol. The first-order valence-corrected chi connectivity index (χ1v) is 8.47. The fourth-order valence-corrected chi connectivity index (χ4v) is 3.55. The summed E-state index contributed by atoms with van der Waals surface area (Å²) < 4.78 is 5.37. The lowest BCUT2D eigenvalue weighted by molar-refractivity contribution is 0.411. The molecule has 1 N–H and O–H groups in total. The molecule has 0 saturated carbocycles. The lowest BCUT2D eigenvalue weighted by Crippen LogP contribution is -2.22. The van der Waals surface area contributed by atoms with Crippen molar-refractivity contribution < 1.29 is 4.74 Å². The summed E-state index contributed by atoms with van der Waals surface area (Å²) in [6.07, 6.45) is 2.24. The van der Waals surface area contributed by atoms with Crippen molar-refractivity contribution >= 4 is 11.3 Å². The van der Waals surface area contributed by atoms with Crippen molar-refractivity contribution in [2.45, 2.75) is 39.7 Å². The Morgan fingerprint density at radius 3 is 2.57 bits per heavy atom. The Morgan fingerprint density at radius 1 is 1.19 bits per heavy atom. The first-order valence-electron chi connectivity index (χ1n) is 7.66. The molecule has 21 heavy (non-hydrogen) atoms. The number of thiophene rings is 1. The highest BCUT2D eigenvalue weighted by Gasteiger charge is 2.16. The molecule has 1 atom stereocenters. The number of nitrogens with one attached hydrogen (secondary N) is 1. The van der Waals surface area contributed by atoms with Gasteiger partial charge in [-0.15, -0.1) is 11.3 Å². The molecule has 2 nitrogen and oxygen atoms in total. The maximum absolute atomic E-state index is 5.37. The minimum Gasteiger partial charge on any atom is -0.496 e. The van der Waals surface area contributed by atoms with Gasteiger partial charge in [-0.25, -0.2) is 0 Å². The summed E-state index contributed by atoms with van der Waals surface area (Å²) in [7, 11) is 1.72. The van der Waals surface area contributed by atoms with Gasteiger partial charge in [0, 0.05) is 9.75 Å². The van der Waals surface area contributed by atoms with Gasteiger partial charge in [-0.1, -0.05) is 26.0 Å². The van der Waals surface area contributed by atoms with Gasteiger partial charge in [0.1, 0.15) is 5.75 Å². The van der Waals surface area contributed by atoms with Gasteiger partial charge in [0.2, 0.25) is 0 Å². The number of ether oxygens (including phenoxy) is 1. The van der Waals surface area contributed by atoms with Gasteiger partial charge in [0.05, 0.1) is 13.2 Å². The molecule has 0 aliphatic rings. The number of rotatable bonds is 7. The third-order valence-electron chi connectivity index (χ3n) is 3.67. The van der Waals surface area contributed by atoms with Gasteiger partial charge in [0.25, 0.3) is 0 Å². The van der Waals surface area contributed by atoms with Crippen LogP contribution in [0, 0.1) is 6.92 Å². The number of aryl methyl sites for hydroxylation is 2. The van der Waals surface area contributed by atoms with E-state index in [-0.39, 0.29) is 6.04 Å². The van der Waals surface area contributed by atoms with Crippen molar-refractivity contribution in [3.63, 3.8) is 0 Å². The molecule has 1 aromatic carbocycles. The highest BCUT2D eigenvalue weighted by molar-refractivity contribution is 7.12. The van der Waals surface area contributed by atoms with E-state index < -0.39 is 0 Å². The number of hydrogen-bond donors (Lipinski definition) is 1. The van der Waals surface area contributed by atoms with Crippen LogP contribution in [-0.2, 0) is 6.42 Å². The van der Waals surface area contributed by atoms with Crippen molar-refractivity contribution in [3.8, 4) is 5.75 Å². The first kappa shape index (κ1) is 16.1. The molecule has 1 aromatic heterocycles. The molecule has 0 spiro atoms. The summed E-state index contributed by atoms with van der Waals surface area (Å²) in [6.45, 7) is 7.54. The number of hydrogen-bond acceptors (Lipinski definition) is 3. The van der Waals surface area contributed by atoms with E-state index in [1.807, 2.05) is 11.3 Å². The third kappa shape index (κ3) is 3.86. The highest BCUT2D eigenvalue weighted by Crippen LogP contribution is 2.31. The molecule has 114 valence electrons. The Hall–Kier alpha value is -1.32. The summed E-state index contributed by atoms with van der Waals surface area (Å²) in [6, 6.07) is 11.3. The molecule has 0 aliphatic heterocycles. The van der Waals surface area contributed by atoms with Crippen molar-refractivity contribution in [1.29, 1.82) is 0 Å². The van der Waals surface area contributed by atoms with Crippen LogP contribution in [0.15, 0.2) is 30.3 Å². The minimum atomic E-state index is 0.278. The van der Waals surface area contributed by atoms with Gasteiger partial charge in [-0.05, 0) is 55.6 Å². The zero-order chi connectivity index (χ0) is 15.2. The number of methoxy groups -OCH3 is 1. The van der Waals surface area contributed by atoms with E-state index in [1.54, 1.807) is 7.11 Å². The van der Waals surface area contributed by atoms with Crippen LogP contribution in [0.25, 0.3) is 0 Å². The third-order valence-corrected chi connectivity index (χ3v) is 4.96. The van der Waals surface area contributed by atoms with Gasteiger partial charge in [-0.2, -0.15) is 0 Å². The fraction of sp³-hybridized carbons (Fsp3) is 0.444. The maximum Gasteiger partial charge on any atom is 0.121 e. The maximum atomic E-state index is 5.37. The van der Waals surface area contributed by atoms with E-state index in [9.17, 15) is 0 Å². The van der Waals surface area contributed by atoms with Crippen LogP contribution >= 0.6 is 11.3 Å². The lowest BCUT2D eigenvalue weighted by Gasteiger charge is -2.19. The van der Waals surface area contributed by atoms with E-state index in [1.165, 1.54) is 20.9 Å². The standard InChI is InChI=1S/C18H25NOS/c1-5-11-19-18(17-10-8-15(6-2)21-17)14-7-9-16(20-4)13(3)12-14/h7-10,12,18-19H,5-6,11H2,1-4H3. The van der Waals surface area contributed by atoms with Gasteiger partial charge >= 0.3 is 0 Å². The molecule has 0 fully saturated rings. The van der Waals surface area contributed by atoms with Crippen molar-refractivity contribution in [2.75, 3.05) is 13.7 Å². The van der Waals surface area contributed by atoms with E-state index in [0.717, 1.165) is 25.1 Å². The molecular weight excluding hydrogens is 278 g/mol. The van der Waals surface area contributed by atoms with Crippen LogP contribution in [0.4, 0.5) is 0 Å². The second-order valence-electron chi connectivity index (χ2n) is 5.27. The molecule has 0 bridgehead atoms. The monoisotopic (exact) mass is 303 g/mol. The van der Waals surface area contributed by atoms with Crippen LogP contribution in [0.1, 0.15) is 47.2 Å². The molecule has 1 unspecified atom stereocenters. The van der Waals surface area contributed by atoms with Crippen LogP contribution in [0.5, 0.6) is 5.75 Å². The van der Waals surface area contributed by atoms with Gasteiger partial charge in [0.15, 0.2) is 0 Å². The molecule has 0 amide bonds. The smallest absolute Gasteiger partial charge is 0.121 e. The summed E-state index contributed by atoms with van der Waals surface area (Å²) in [5.74, 6) is 0.952. The van der Waals surface area contributed by atoms with Crippen LogP contribution in [0.2, 0.25) is 0 Å². The second-order valence-corrected chi connectivity index (χ2v) is 6.47. The molecule has 1 heterocycles. The van der Waals surface area contributed by atoms with Crippen molar-refractivity contribution in [2.24, 2.45) is 0 Å². The molecule has 0 aliphatic carbocycles. The van der Waals surface area contributed by atoms with E-state index in [4.69, 9.17) is 4.74 Å². The quantitative estimate of drug-likeness (QED) is 0.799. The fourth-order valence-electron chi connectivity index (χ4n) is 2.49. The van der Waals surface area contributed by atoms with Crippen LogP contribution in [0.3, 0.4) is 0 Å². The van der Waals surface area contributed by atoms with Crippen LogP contribution in [-0.4, -0.2) is 13.7 Å². The molecule has 2 rings (SSSR count). The largest absolute Gasteiger partial charge is 0.496 e. The normalized spacial score (nSPS) is 12.4. The Labute approximate surface area is 132 Å². The molecular formula is C18H25NOS. The summed E-state index contributed by atoms with van der Waals surface area (Å²) in [5.41, 5.74) is 2.50. The molecule has 0 saturated heterocycles. The Balaban J connectivity index is 2.32. The Kier molecular flexibility index (Phi) is 5.83. The zero-order valence-electron chi connectivity index (χ0n) is 13.4. The van der Waals surface area contributed by atoms with Crippen molar-refractivity contribution in [1.82, 2.24) is 5.32 Å². The predicted octanol–water partition coefficient (Wildman–Crippen LogP) is 4.72. The lowest BCUT2D eigenvalue weighted by atomic mass is 10.0. The predicted molar refractivity (Wildman–Crippen MR) is 91.6 cm³/mol. The SMILES string of the molecule is CCCNC(c1ccc(OC)c(C)c1)c1ccc(CC)s1. The first-order chi connectivity index (χ1) is 10.2. The molecule has 0 radical (unpaired) electrons. The van der Waals surface area contributed by atoms with E-state index in [0.29, 0.717) is 0 Å². The van der Waals surface area contributed by atoms with E-state index >= 15 is 0 Å². The Morgan fingerprint density at radius 2 is 2.00 bits per heavy atom.